The maximum Gasteiger partial charge on any atom is 0.195 e. The Kier molecular flexibility index (Phi) is 3.38. The van der Waals surface area contributed by atoms with Gasteiger partial charge in [-0.3, -0.25) is 14.6 Å². The Morgan fingerprint density at radius 2 is 1.88 bits per heavy atom. The van der Waals surface area contributed by atoms with Gasteiger partial charge >= 0.3 is 0 Å². The van der Waals surface area contributed by atoms with Gasteiger partial charge in [0.25, 0.3) is 0 Å². The van der Waals surface area contributed by atoms with E-state index in [1.165, 1.54) is 0 Å². The minimum Gasteiger partial charge on any atom is -0.297 e. The topological polar surface area (TPSA) is 46.5 Å². The van der Waals surface area contributed by atoms with Crippen LogP contribution in [-0.2, 0) is 0 Å². The van der Waals surface area contributed by atoms with Crippen molar-refractivity contribution in [1.29, 1.82) is 0 Å². The van der Waals surface area contributed by atoms with E-state index in [9.17, 15) is 0 Å². The monoisotopic (exact) mass is 248 g/mol. The number of nitrogens with one attached hydrogen (secondary N) is 1. The highest BCUT2D eigenvalue weighted by Gasteiger charge is 2.16. The van der Waals surface area contributed by atoms with Gasteiger partial charge in [0, 0.05) is 24.0 Å². The average molecular weight is 248 g/mol. The normalized spacial score (nSPS) is 12.9. The molecule has 0 aromatic carbocycles. The molecule has 2 aromatic rings. The third-order valence-corrected chi connectivity index (χ3v) is 3.30. The number of pyridine rings is 1. The molecule has 0 bridgehead atoms. The van der Waals surface area contributed by atoms with E-state index >= 15 is 0 Å². The van der Waals surface area contributed by atoms with E-state index < -0.39 is 0 Å². The lowest BCUT2D eigenvalue weighted by molar-refractivity contribution is 0.407. The zero-order valence-electron chi connectivity index (χ0n) is 10.2. The zero-order valence-corrected chi connectivity index (χ0v) is 11.0. The molecule has 0 radical (unpaired) electrons. The molecule has 1 N–H and O–H groups in total. The number of rotatable bonds is 3. The fourth-order valence-electron chi connectivity index (χ4n) is 1.69. The SMILES string of the molecule is CC(C)C(C)n1c(-c2ccncc2)n[nH]c1=S. The van der Waals surface area contributed by atoms with Crippen LogP contribution in [0.5, 0.6) is 0 Å². The van der Waals surface area contributed by atoms with E-state index in [2.05, 4.69) is 40.5 Å². The molecular formula is C12H16N4S. The van der Waals surface area contributed by atoms with Gasteiger partial charge in [0.15, 0.2) is 10.6 Å². The van der Waals surface area contributed by atoms with Crippen molar-refractivity contribution in [2.75, 3.05) is 0 Å². The summed E-state index contributed by atoms with van der Waals surface area (Å²) in [4.78, 5) is 4.01. The number of aromatic amines is 1. The van der Waals surface area contributed by atoms with E-state index in [0.29, 0.717) is 16.7 Å². The van der Waals surface area contributed by atoms with Crippen molar-refractivity contribution in [2.45, 2.75) is 26.8 Å². The first-order valence-corrected chi connectivity index (χ1v) is 6.09. The van der Waals surface area contributed by atoms with Crippen LogP contribution in [0.25, 0.3) is 11.4 Å². The van der Waals surface area contributed by atoms with Gasteiger partial charge in [-0.25, -0.2) is 0 Å². The molecule has 0 aliphatic rings. The minimum atomic E-state index is 0.310. The highest BCUT2D eigenvalue weighted by molar-refractivity contribution is 7.71. The van der Waals surface area contributed by atoms with Gasteiger partial charge in [-0.1, -0.05) is 13.8 Å². The summed E-state index contributed by atoms with van der Waals surface area (Å²) in [6.07, 6.45) is 3.52. The predicted octanol–water partition coefficient (Wildman–Crippen LogP) is 3.22. The summed E-state index contributed by atoms with van der Waals surface area (Å²) in [5.74, 6) is 1.37. The number of aromatic nitrogens is 4. The summed E-state index contributed by atoms with van der Waals surface area (Å²) in [6.45, 7) is 6.51. The minimum absolute atomic E-state index is 0.310. The molecule has 0 spiro atoms. The molecule has 2 aromatic heterocycles. The molecule has 2 rings (SSSR count). The van der Waals surface area contributed by atoms with E-state index in [1.54, 1.807) is 12.4 Å². The molecule has 0 aliphatic carbocycles. The summed E-state index contributed by atoms with van der Waals surface area (Å²) in [7, 11) is 0. The highest BCUT2D eigenvalue weighted by Crippen LogP contribution is 2.24. The molecule has 0 aliphatic heterocycles. The predicted molar refractivity (Wildman–Crippen MR) is 70.2 cm³/mol. The molecule has 0 saturated heterocycles. The van der Waals surface area contributed by atoms with Crippen molar-refractivity contribution < 1.29 is 0 Å². The van der Waals surface area contributed by atoms with Crippen LogP contribution in [0.1, 0.15) is 26.8 Å². The average Bonchev–Trinajstić information content (AvgIpc) is 2.71. The molecule has 1 unspecified atom stereocenters. The number of nitrogens with zero attached hydrogens (tertiary/aromatic N) is 3. The Morgan fingerprint density at radius 1 is 1.24 bits per heavy atom. The first-order valence-electron chi connectivity index (χ1n) is 5.68. The third-order valence-electron chi connectivity index (χ3n) is 3.02. The summed E-state index contributed by atoms with van der Waals surface area (Å²) < 4.78 is 2.73. The van der Waals surface area contributed by atoms with Crippen molar-refractivity contribution in [3.05, 3.63) is 29.3 Å². The Labute approximate surface area is 106 Å². The van der Waals surface area contributed by atoms with Crippen molar-refractivity contribution in [3.63, 3.8) is 0 Å². The molecule has 0 amide bonds. The Morgan fingerprint density at radius 3 is 2.47 bits per heavy atom. The Balaban J connectivity index is 2.54. The number of hydrogen-bond donors (Lipinski definition) is 1. The molecular weight excluding hydrogens is 232 g/mol. The fraction of sp³-hybridized carbons (Fsp3) is 0.417. The smallest absolute Gasteiger partial charge is 0.195 e. The lowest BCUT2D eigenvalue weighted by Gasteiger charge is -2.19. The summed E-state index contributed by atoms with van der Waals surface area (Å²) in [5.41, 5.74) is 1.03. The second kappa shape index (κ2) is 4.79. The van der Waals surface area contributed by atoms with E-state index in [0.717, 1.165) is 11.4 Å². The molecule has 0 fully saturated rings. The number of hydrogen-bond acceptors (Lipinski definition) is 3. The van der Waals surface area contributed by atoms with Gasteiger partial charge in [0.05, 0.1) is 0 Å². The molecule has 1 atom stereocenters. The van der Waals surface area contributed by atoms with Gasteiger partial charge in [-0.15, -0.1) is 0 Å². The van der Waals surface area contributed by atoms with Crippen molar-refractivity contribution in [1.82, 2.24) is 19.7 Å². The van der Waals surface area contributed by atoms with Gasteiger partial charge in [-0.05, 0) is 37.2 Å². The van der Waals surface area contributed by atoms with Crippen LogP contribution in [0.2, 0.25) is 0 Å². The summed E-state index contributed by atoms with van der Waals surface area (Å²) >= 11 is 5.30. The second-order valence-corrected chi connectivity index (χ2v) is 4.83. The lowest BCUT2D eigenvalue weighted by atomic mass is 10.1. The van der Waals surface area contributed by atoms with Gasteiger partial charge in [0.2, 0.25) is 0 Å². The quantitative estimate of drug-likeness (QED) is 0.848. The Hall–Kier alpha value is -1.49. The molecule has 2 heterocycles. The van der Waals surface area contributed by atoms with Crippen molar-refractivity contribution in [3.8, 4) is 11.4 Å². The maximum atomic E-state index is 5.30. The highest BCUT2D eigenvalue weighted by atomic mass is 32.1. The van der Waals surface area contributed by atoms with Gasteiger partial charge < -0.3 is 0 Å². The van der Waals surface area contributed by atoms with Crippen LogP contribution in [0.3, 0.4) is 0 Å². The van der Waals surface area contributed by atoms with Crippen LogP contribution >= 0.6 is 12.2 Å². The second-order valence-electron chi connectivity index (χ2n) is 4.44. The van der Waals surface area contributed by atoms with Crippen molar-refractivity contribution >= 4 is 12.2 Å². The van der Waals surface area contributed by atoms with E-state index in [-0.39, 0.29) is 0 Å². The fourth-order valence-corrected chi connectivity index (χ4v) is 1.98. The van der Waals surface area contributed by atoms with E-state index in [4.69, 9.17) is 12.2 Å². The van der Waals surface area contributed by atoms with Crippen LogP contribution in [-0.4, -0.2) is 19.7 Å². The lowest BCUT2D eigenvalue weighted by Crippen LogP contribution is -2.13. The van der Waals surface area contributed by atoms with Crippen LogP contribution in [0.15, 0.2) is 24.5 Å². The van der Waals surface area contributed by atoms with Crippen LogP contribution in [0, 0.1) is 10.7 Å². The first kappa shape index (κ1) is 12.0. The molecule has 0 saturated carbocycles. The summed E-state index contributed by atoms with van der Waals surface area (Å²) in [6, 6.07) is 4.19. The summed E-state index contributed by atoms with van der Waals surface area (Å²) in [5, 5.41) is 7.17. The van der Waals surface area contributed by atoms with Gasteiger partial charge in [0.1, 0.15) is 0 Å². The molecule has 17 heavy (non-hydrogen) atoms. The molecule has 4 nitrogen and oxygen atoms in total. The third kappa shape index (κ3) is 2.29. The Bertz CT molecular complexity index is 541. The molecule has 5 heteroatoms. The first-order chi connectivity index (χ1) is 8.11. The van der Waals surface area contributed by atoms with Gasteiger partial charge in [-0.2, -0.15) is 5.10 Å². The van der Waals surface area contributed by atoms with Crippen LogP contribution in [0.4, 0.5) is 0 Å². The van der Waals surface area contributed by atoms with Crippen LogP contribution < -0.4 is 0 Å². The maximum absolute atomic E-state index is 5.30. The van der Waals surface area contributed by atoms with E-state index in [1.807, 2.05) is 12.1 Å². The largest absolute Gasteiger partial charge is 0.297 e. The molecule has 90 valence electrons. The number of H-pyrrole nitrogens is 1. The zero-order chi connectivity index (χ0) is 12.4. The van der Waals surface area contributed by atoms with Crippen molar-refractivity contribution in [2.24, 2.45) is 5.92 Å². The standard InChI is InChI=1S/C12H16N4S/c1-8(2)9(3)16-11(14-15-12(16)17)10-4-6-13-7-5-10/h4-9H,1-3H3,(H,15,17).